The van der Waals surface area contributed by atoms with Crippen LogP contribution in [0.3, 0.4) is 0 Å². The molecule has 19 heavy (non-hydrogen) atoms. The molecular weight excluding hydrogens is 254 g/mol. The first-order chi connectivity index (χ1) is 9.30. The molecule has 0 fully saturated rings. The lowest BCUT2D eigenvalue weighted by atomic mass is 10.1. The van der Waals surface area contributed by atoms with E-state index in [0.29, 0.717) is 11.1 Å². The van der Waals surface area contributed by atoms with Gasteiger partial charge in [0.15, 0.2) is 0 Å². The molecule has 0 N–H and O–H groups in total. The zero-order valence-corrected chi connectivity index (χ0v) is 10.6. The molecule has 3 rings (SSSR count). The van der Waals surface area contributed by atoms with Crippen molar-refractivity contribution in [2.45, 2.75) is 0 Å². The highest BCUT2D eigenvalue weighted by Crippen LogP contribution is 2.30. The molecule has 3 aromatic rings. The Morgan fingerprint density at radius 1 is 0.947 bits per heavy atom. The Balaban J connectivity index is 2.15. The standard InChI is InChI=1S/C15H7N3S/c16-8-10-2-1-3-12(6-10)15-18-13-5-4-11(9-17)7-14(13)19-15/h1-7H. The number of aromatic nitrogens is 1. The smallest absolute Gasteiger partial charge is 0.124 e. The number of nitrogens with zero attached hydrogens (tertiary/aromatic N) is 3. The number of benzene rings is 2. The molecule has 0 unspecified atom stereocenters. The first kappa shape index (κ1) is 11.4. The van der Waals surface area contributed by atoms with Crippen molar-refractivity contribution in [1.82, 2.24) is 4.98 Å². The van der Waals surface area contributed by atoms with Crippen molar-refractivity contribution in [3.63, 3.8) is 0 Å². The predicted octanol–water partition coefficient (Wildman–Crippen LogP) is 3.71. The summed E-state index contributed by atoms with van der Waals surface area (Å²) in [6, 6.07) is 17.1. The minimum absolute atomic E-state index is 0.620. The third-order valence-electron chi connectivity index (χ3n) is 2.76. The van der Waals surface area contributed by atoms with Gasteiger partial charge in [-0.3, -0.25) is 0 Å². The average Bonchev–Trinajstić information content (AvgIpc) is 2.90. The summed E-state index contributed by atoms with van der Waals surface area (Å²) in [7, 11) is 0. The van der Waals surface area contributed by atoms with E-state index < -0.39 is 0 Å². The first-order valence-electron chi connectivity index (χ1n) is 5.61. The second-order valence-corrected chi connectivity index (χ2v) is 5.04. The number of fused-ring (bicyclic) bond motifs is 1. The van der Waals surface area contributed by atoms with Crippen molar-refractivity contribution in [3.8, 4) is 22.7 Å². The van der Waals surface area contributed by atoms with Crippen molar-refractivity contribution >= 4 is 21.6 Å². The lowest BCUT2D eigenvalue weighted by molar-refractivity contribution is 1.45. The Kier molecular flexibility index (Phi) is 2.72. The molecule has 0 aliphatic heterocycles. The summed E-state index contributed by atoms with van der Waals surface area (Å²) in [5.41, 5.74) is 3.06. The van der Waals surface area contributed by atoms with Gasteiger partial charge in [-0.2, -0.15) is 10.5 Å². The molecule has 0 aliphatic rings. The summed E-state index contributed by atoms with van der Waals surface area (Å²) >= 11 is 1.53. The fourth-order valence-corrected chi connectivity index (χ4v) is 2.84. The van der Waals surface area contributed by atoms with Crippen molar-refractivity contribution in [2.75, 3.05) is 0 Å². The highest BCUT2D eigenvalue weighted by Gasteiger charge is 2.07. The topological polar surface area (TPSA) is 60.5 Å². The minimum Gasteiger partial charge on any atom is -0.236 e. The zero-order valence-electron chi connectivity index (χ0n) is 9.79. The number of thiazole rings is 1. The van der Waals surface area contributed by atoms with Gasteiger partial charge in [0.1, 0.15) is 5.01 Å². The molecule has 0 aliphatic carbocycles. The van der Waals surface area contributed by atoms with Crippen LogP contribution < -0.4 is 0 Å². The molecule has 0 saturated heterocycles. The lowest BCUT2D eigenvalue weighted by Crippen LogP contribution is -1.78. The Labute approximate surface area is 114 Å². The fourth-order valence-electron chi connectivity index (χ4n) is 1.84. The average molecular weight is 261 g/mol. The first-order valence-corrected chi connectivity index (χ1v) is 6.43. The molecule has 0 spiro atoms. The van der Waals surface area contributed by atoms with Gasteiger partial charge >= 0.3 is 0 Å². The van der Waals surface area contributed by atoms with Crippen LogP contribution in [-0.2, 0) is 0 Å². The van der Waals surface area contributed by atoms with Crippen LogP contribution >= 0.6 is 11.3 Å². The third-order valence-corrected chi connectivity index (χ3v) is 3.82. The number of hydrogen-bond acceptors (Lipinski definition) is 4. The molecular formula is C15H7N3S. The highest BCUT2D eigenvalue weighted by atomic mass is 32.1. The van der Waals surface area contributed by atoms with Crippen LogP contribution in [0.4, 0.5) is 0 Å². The van der Waals surface area contributed by atoms with Gasteiger partial charge in [-0.05, 0) is 30.3 Å². The van der Waals surface area contributed by atoms with Gasteiger partial charge in [0.2, 0.25) is 0 Å². The number of hydrogen-bond donors (Lipinski definition) is 0. The van der Waals surface area contributed by atoms with Crippen LogP contribution in [0.15, 0.2) is 42.5 Å². The van der Waals surface area contributed by atoms with Crippen molar-refractivity contribution in [2.24, 2.45) is 0 Å². The normalized spacial score (nSPS) is 10.0. The molecule has 0 atom stereocenters. The molecule has 1 aromatic heterocycles. The zero-order chi connectivity index (χ0) is 13.2. The van der Waals surface area contributed by atoms with Crippen LogP contribution in [0.25, 0.3) is 20.8 Å². The van der Waals surface area contributed by atoms with Gasteiger partial charge in [0.25, 0.3) is 0 Å². The third kappa shape index (κ3) is 2.06. The SMILES string of the molecule is N#Cc1cccc(-c2nc3ccc(C#N)cc3s2)c1. The molecule has 0 radical (unpaired) electrons. The van der Waals surface area contributed by atoms with Gasteiger partial charge in [-0.1, -0.05) is 12.1 Å². The Morgan fingerprint density at radius 2 is 1.74 bits per heavy atom. The summed E-state index contributed by atoms with van der Waals surface area (Å²) in [5.74, 6) is 0. The van der Waals surface area contributed by atoms with Crippen LogP contribution in [-0.4, -0.2) is 4.98 Å². The Bertz CT molecular complexity index is 850. The van der Waals surface area contributed by atoms with Crippen LogP contribution in [0.1, 0.15) is 11.1 Å². The molecule has 88 valence electrons. The van der Waals surface area contributed by atoms with Gasteiger partial charge in [0, 0.05) is 5.56 Å². The van der Waals surface area contributed by atoms with E-state index in [2.05, 4.69) is 17.1 Å². The van der Waals surface area contributed by atoms with E-state index in [1.54, 1.807) is 12.1 Å². The second-order valence-electron chi connectivity index (χ2n) is 4.01. The van der Waals surface area contributed by atoms with E-state index >= 15 is 0 Å². The maximum Gasteiger partial charge on any atom is 0.124 e. The predicted molar refractivity (Wildman–Crippen MR) is 74.5 cm³/mol. The van der Waals surface area contributed by atoms with E-state index in [0.717, 1.165) is 20.8 Å². The van der Waals surface area contributed by atoms with Crippen molar-refractivity contribution in [3.05, 3.63) is 53.6 Å². The molecule has 2 aromatic carbocycles. The molecule has 0 amide bonds. The van der Waals surface area contributed by atoms with E-state index in [-0.39, 0.29) is 0 Å². The highest BCUT2D eigenvalue weighted by molar-refractivity contribution is 7.21. The van der Waals surface area contributed by atoms with Crippen molar-refractivity contribution in [1.29, 1.82) is 10.5 Å². The summed E-state index contributed by atoms with van der Waals surface area (Å²) in [6.45, 7) is 0. The van der Waals surface area contributed by atoms with Gasteiger partial charge in [0.05, 0.1) is 33.5 Å². The quantitative estimate of drug-likeness (QED) is 0.671. The summed E-state index contributed by atoms with van der Waals surface area (Å²) in [4.78, 5) is 4.53. The summed E-state index contributed by atoms with van der Waals surface area (Å²) in [5, 5.41) is 18.7. The molecule has 1 heterocycles. The van der Waals surface area contributed by atoms with E-state index in [1.807, 2.05) is 30.3 Å². The van der Waals surface area contributed by atoms with Crippen LogP contribution in [0.2, 0.25) is 0 Å². The summed E-state index contributed by atoms with van der Waals surface area (Å²) in [6.07, 6.45) is 0. The van der Waals surface area contributed by atoms with Gasteiger partial charge in [-0.25, -0.2) is 4.98 Å². The molecule has 4 heteroatoms. The van der Waals surface area contributed by atoms with Crippen molar-refractivity contribution < 1.29 is 0 Å². The second kappa shape index (κ2) is 4.53. The van der Waals surface area contributed by atoms with Gasteiger partial charge in [-0.15, -0.1) is 11.3 Å². The van der Waals surface area contributed by atoms with E-state index in [1.165, 1.54) is 11.3 Å². The minimum atomic E-state index is 0.620. The summed E-state index contributed by atoms with van der Waals surface area (Å²) < 4.78 is 0.983. The van der Waals surface area contributed by atoms with Crippen LogP contribution in [0.5, 0.6) is 0 Å². The molecule has 0 bridgehead atoms. The monoisotopic (exact) mass is 261 g/mol. The molecule has 0 saturated carbocycles. The molecule has 3 nitrogen and oxygen atoms in total. The van der Waals surface area contributed by atoms with Crippen LogP contribution in [0, 0.1) is 22.7 Å². The largest absolute Gasteiger partial charge is 0.236 e. The van der Waals surface area contributed by atoms with E-state index in [4.69, 9.17) is 10.5 Å². The Morgan fingerprint density at radius 3 is 2.53 bits per heavy atom. The fraction of sp³-hybridized carbons (Fsp3) is 0. The lowest BCUT2D eigenvalue weighted by Gasteiger charge is -1.95. The Hall–Kier alpha value is -2.69. The number of rotatable bonds is 1. The van der Waals surface area contributed by atoms with Gasteiger partial charge < -0.3 is 0 Å². The maximum atomic E-state index is 8.91. The maximum absolute atomic E-state index is 8.91. The van der Waals surface area contributed by atoms with E-state index in [9.17, 15) is 0 Å². The number of nitriles is 2.